The molecule has 24 nitrogen and oxygen atoms in total. The first-order valence-electron chi connectivity index (χ1n) is 30.4. The predicted octanol–water partition coefficient (Wildman–Crippen LogP) is 8.87. The van der Waals surface area contributed by atoms with E-state index in [0.29, 0.717) is 103 Å². The van der Waals surface area contributed by atoms with Gasteiger partial charge in [-0.3, -0.25) is 28.8 Å². The molecule has 3 fully saturated rings. The van der Waals surface area contributed by atoms with Gasteiger partial charge in [-0.1, -0.05) is 26.3 Å². The molecule has 3 aliphatic rings. The first-order valence-corrected chi connectivity index (χ1v) is 30.4. The third-order valence-electron chi connectivity index (χ3n) is 15.1. The van der Waals surface area contributed by atoms with Crippen molar-refractivity contribution in [3.63, 3.8) is 0 Å². The maximum Gasteiger partial charge on any atom is 0.342 e. The summed E-state index contributed by atoms with van der Waals surface area (Å²) < 4.78 is 64.7. The van der Waals surface area contributed by atoms with Gasteiger partial charge in [0.15, 0.2) is 0 Å². The Morgan fingerprint density at radius 3 is 0.778 bits per heavy atom. The highest BCUT2D eigenvalue weighted by atomic mass is 16.6. The van der Waals surface area contributed by atoms with E-state index in [-0.39, 0.29) is 125 Å². The molecule has 24 heteroatoms. The molecular weight excluding hydrogens is 1180 g/mol. The van der Waals surface area contributed by atoms with Crippen molar-refractivity contribution in [3.05, 3.63) is 98.1 Å². The minimum Gasteiger partial charge on any atom is -0.465 e. The van der Waals surface area contributed by atoms with E-state index < -0.39 is 95.2 Å². The summed E-state index contributed by atoms with van der Waals surface area (Å²) in [4.78, 5) is 153. The fourth-order valence-electron chi connectivity index (χ4n) is 9.93. The normalized spacial score (nSPS) is 18.4. The van der Waals surface area contributed by atoms with Gasteiger partial charge >= 0.3 is 71.6 Å². The van der Waals surface area contributed by atoms with Crippen LogP contribution in [0.2, 0.25) is 0 Å². The van der Waals surface area contributed by atoms with Crippen LogP contribution in [0.15, 0.2) is 87.0 Å². The van der Waals surface area contributed by atoms with E-state index in [1.807, 2.05) is 0 Å². The van der Waals surface area contributed by atoms with E-state index in [1.54, 1.807) is 0 Å². The molecule has 0 aliphatic heterocycles. The second-order valence-corrected chi connectivity index (χ2v) is 21.6. The highest BCUT2D eigenvalue weighted by molar-refractivity contribution is 5.96. The summed E-state index contributed by atoms with van der Waals surface area (Å²) in [7, 11) is 0. The topological polar surface area (TPSA) is 316 Å². The third-order valence-corrected chi connectivity index (χ3v) is 15.1. The van der Waals surface area contributed by atoms with Gasteiger partial charge in [-0.2, -0.15) is 0 Å². The Morgan fingerprint density at radius 2 is 0.522 bits per heavy atom. The van der Waals surface area contributed by atoms with E-state index in [1.165, 1.54) is 36.4 Å². The van der Waals surface area contributed by atoms with Crippen molar-refractivity contribution in [2.24, 2.45) is 35.5 Å². The summed E-state index contributed by atoms with van der Waals surface area (Å²) in [6.07, 6.45) is 10.9. The van der Waals surface area contributed by atoms with Crippen LogP contribution in [-0.2, 0) is 85.8 Å². The van der Waals surface area contributed by atoms with Crippen LogP contribution in [0.4, 0.5) is 0 Å². The fourth-order valence-corrected chi connectivity index (χ4v) is 9.93. The Morgan fingerprint density at radius 1 is 0.300 bits per heavy atom. The van der Waals surface area contributed by atoms with Crippen LogP contribution in [0.5, 0.6) is 23.0 Å². The maximum absolute atomic E-state index is 13.8. The Balaban J connectivity index is 1.17. The Bertz CT molecular complexity index is 2670. The molecule has 0 atom stereocenters. The van der Waals surface area contributed by atoms with Gasteiger partial charge in [-0.05, 0) is 165 Å². The molecule has 3 aliphatic carbocycles. The minimum absolute atomic E-state index is 0.0366. The van der Waals surface area contributed by atoms with Crippen LogP contribution in [0, 0.1) is 35.5 Å². The smallest absolute Gasteiger partial charge is 0.342 e. The van der Waals surface area contributed by atoms with Crippen LogP contribution in [0.3, 0.4) is 0 Å². The average Bonchev–Trinajstić information content (AvgIpc) is 1.13. The average molecular weight is 1260 g/mol. The first-order chi connectivity index (χ1) is 43.4. The second-order valence-electron chi connectivity index (χ2n) is 21.6. The standard InChI is InChI=1S/C66H80O24/c1-5-55(67)79-33-9-13-37-83-59(71)43-17-21-45(22-18-43)61(73)87-49-29-31-53(51(41-49)65(77)85-39-15-11-35-81-57(69)7-3)89-63(75)47-25-27-48(28-26-47)64(76)90-54-32-30-50(42-52(54)66(78)86-40-16-12-36-82-58(70)8-4)88-62(74)46-23-19-44(20-24-46)60(72)84-38-14-10-34-80-56(68)6-2/h5-8,29-32,41-48H,1-4,9-28,33-40H2. The number of esters is 12. The molecule has 0 radical (unpaired) electrons. The number of ether oxygens (including phenoxy) is 12. The number of hydrogen-bond acceptors (Lipinski definition) is 24. The molecule has 3 saturated carbocycles. The minimum atomic E-state index is -0.904. The van der Waals surface area contributed by atoms with E-state index in [9.17, 15) is 57.5 Å². The monoisotopic (exact) mass is 1260 g/mol. The zero-order valence-corrected chi connectivity index (χ0v) is 50.7. The van der Waals surface area contributed by atoms with Crippen molar-refractivity contribution in [2.45, 2.75) is 128 Å². The molecule has 0 amide bonds. The third kappa shape index (κ3) is 24.9. The lowest BCUT2D eigenvalue weighted by Crippen LogP contribution is -2.31. The summed E-state index contributed by atoms with van der Waals surface area (Å²) in [6.45, 7) is 13.9. The van der Waals surface area contributed by atoms with Crippen molar-refractivity contribution in [3.8, 4) is 23.0 Å². The molecule has 2 aromatic rings. The van der Waals surface area contributed by atoms with Crippen molar-refractivity contribution < 1.29 is 114 Å². The molecule has 2 aromatic carbocycles. The molecule has 0 aromatic heterocycles. The first kappa shape index (κ1) is 71.8. The lowest BCUT2D eigenvalue weighted by Gasteiger charge is -2.26. The maximum atomic E-state index is 13.8. The van der Waals surface area contributed by atoms with Crippen LogP contribution >= 0.6 is 0 Å². The quantitative estimate of drug-likeness (QED) is 0.0202. The van der Waals surface area contributed by atoms with Gasteiger partial charge < -0.3 is 56.8 Å². The van der Waals surface area contributed by atoms with Crippen molar-refractivity contribution in [1.29, 1.82) is 0 Å². The van der Waals surface area contributed by atoms with Gasteiger partial charge in [-0.15, -0.1) is 0 Å². The molecule has 0 saturated heterocycles. The summed E-state index contributed by atoms with van der Waals surface area (Å²) in [5.41, 5.74) is -0.451. The SMILES string of the molecule is C=CC(=O)OCCCCOC(=O)c1cc(OC(=O)C2CCC(C(=O)OCCCCOC(=O)C=C)CC2)ccc1OC(=O)C1CCC(C(=O)Oc2ccc(OC(=O)C3CCC(C(=O)OCCCCOC(=O)C=C)CC3)cc2C(=O)OCCCCOC(=O)C=C)CC1. The zero-order chi connectivity index (χ0) is 65.2. The van der Waals surface area contributed by atoms with Crippen LogP contribution in [-0.4, -0.2) is 124 Å². The number of carbonyl (C=O) groups is 12. The summed E-state index contributed by atoms with van der Waals surface area (Å²) >= 11 is 0. The number of rotatable bonds is 36. The largest absolute Gasteiger partial charge is 0.465 e. The van der Waals surface area contributed by atoms with E-state index in [4.69, 9.17) is 56.8 Å². The van der Waals surface area contributed by atoms with E-state index >= 15 is 0 Å². The van der Waals surface area contributed by atoms with Gasteiger partial charge in [0.25, 0.3) is 0 Å². The molecule has 488 valence electrons. The molecule has 90 heavy (non-hydrogen) atoms. The molecule has 5 rings (SSSR count). The van der Waals surface area contributed by atoms with Crippen LogP contribution < -0.4 is 18.9 Å². The number of hydrogen-bond donors (Lipinski definition) is 0. The van der Waals surface area contributed by atoms with Gasteiger partial charge in [0.1, 0.15) is 34.1 Å². The van der Waals surface area contributed by atoms with Crippen LogP contribution in [0.25, 0.3) is 0 Å². The molecular formula is C66H80O24. The van der Waals surface area contributed by atoms with Crippen molar-refractivity contribution in [2.75, 3.05) is 52.9 Å². The van der Waals surface area contributed by atoms with Gasteiger partial charge in [-0.25, -0.2) is 28.8 Å². The van der Waals surface area contributed by atoms with Crippen molar-refractivity contribution >= 4 is 71.6 Å². The summed E-state index contributed by atoms with van der Waals surface area (Å²) in [5.74, 6) is -11.4. The molecule has 0 heterocycles. The Hall–Kier alpha value is -8.96. The summed E-state index contributed by atoms with van der Waals surface area (Å²) in [6, 6.07) is 7.76. The number of benzene rings is 2. The highest BCUT2D eigenvalue weighted by Gasteiger charge is 2.36. The Kier molecular flexibility index (Phi) is 31.2. The van der Waals surface area contributed by atoms with Crippen molar-refractivity contribution in [1.82, 2.24) is 0 Å². The fraction of sp³-hybridized carbons (Fsp3) is 0.515. The summed E-state index contributed by atoms with van der Waals surface area (Å²) in [5, 5.41) is 0. The van der Waals surface area contributed by atoms with Gasteiger partial charge in [0.05, 0.1) is 88.4 Å². The molecule has 0 unspecified atom stereocenters. The number of unbranched alkanes of at least 4 members (excludes halogenated alkanes) is 4. The Labute approximate surface area is 522 Å². The molecule has 0 bridgehead atoms. The van der Waals surface area contributed by atoms with E-state index in [2.05, 4.69) is 26.3 Å². The van der Waals surface area contributed by atoms with Gasteiger partial charge in [0.2, 0.25) is 0 Å². The second kappa shape index (κ2) is 39.1. The van der Waals surface area contributed by atoms with E-state index in [0.717, 1.165) is 24.3 Å². The number of carbonyl (C=O) groups excluding carboxylic acids is 12. The lowest BCUT2D eigenvalue weighted by atomic mass is 9.82. The molecule has 0 N–H and O–H groups in total. The lowest BCUT2D eigenvalue weighted by molar-refractivity contribution is -0.152. The highest BCUT2D eigenvalue weighted by Crippen LogP contribution is 2.37. The predicted molar refractivity (Wildman–Crippen MR) is 316 cm³/mol. The van der Waals surface area contributed by atoms with Gasteiger partial charge in [0, 0.05) is 24.3 Å². The van der Waals surface area contributed by atoms with Crippen LogP contribution in [0.1, 0.15) is 149 Å². The zero-order valence-electron chi connectivity index (χ0n) is 50.7. The molecule has 0 spiro atoms.